The van der Waals surface area contributed by atoms with Crippen molar-refractivity contribution in [1.29, 1.82) is 0 Å². The van der Waals surface area contributed by atoms with Crippen molar-refractivity contribution in [2.45, 2.75) is 17.9 Å². The van der Waals surface area contributed by atoms with E-state index in [1.807, 2.05) is 0 Å². The summed E-state index contributed by atoms with van der Waals surface area (Å²) in [6.45, 7) is 0.637. The van der Waals surface area contributed by atoms with Crippen molar-refractivity contribution in [1.82, 2.24) is 4.72 Å². The monoisotopic (exact) mass is 467 g/mol. The van der Waals surface area contributed by atoms with Gasteiger partial charge >= 0.3 is 5.97 Å². The minimum Gasteiger partial charge on any atom is -0.452 e. The highest BCUT2D eigenvalue weighted by molar-refractivity contribution is 7.92. The van der Waals surface area contributed by atoms with Crippen LogP contribution in [0.1, 0.15) is 12.5 Å². The SMILES string of the molecule is CC(OC(=O)CNS(=O)(=O)/C=C/c1ccccc1)C(=O)Nc1ccc(S(N)(=O)=O)cc1. The van der Waals surface area contributed by atoms with E-state index in [0.717, 1.165) is 5.41 Å². The minimum absolute atomic E-state index is 0.126. The van der Waals surface area contributed by atoms with E-state index in [2.05, 4.69) is 10.0 Å². The molecule has 0 aliphatic carbocycles. The Hall–Kier alpha value is -3.06. The summed E-state index contributed by atoms with van der Waals surface area (Å²) in [5.74, 6) is -1.65. The van der Waals surface area contributed by atoms with Gasteiger partial charge in [-0.15, -0.1) is 0 Å². The Morgan fingerprint density at radius 2 is 1.65 bits per heavy atom. The molecule has 1 amide bonds. The fourth-order valence-electron chi connectivity index (χ4n) is 2.20. The largest absolute Gasteiger partial charge is 0.452 e. The summed E-state index contributed by atoms with van der Waals surface area (Å²) in [6, 6.07) is 13.8. The number of rotatable bonds is 9. The normalized spacial score (nSPS) is 13.0. The van der Waals surface area contributed by atoms with Gasteiger partial charge in [0.1, 0.15) is 6.54 Å². The van der Waals surface area contributed by atoms with Gasteiger partial charge in [-0.05, 0) is 42.8 Å². The summed E-state index contributed by atoms with van der Waals surface area (Å²) in [5, 5.41) is 8.34. The molecule has 0 bridgehead atoms. The molecule has 4 N–H and O–H groups in total. The lowest BCUT2D eigenvalue weighted by atomic mass is 10.2. The predicted octanol–water partition coefficient (Wildman–Crippen LogP) is 0.795. The molecule has 0 saturated heterocycles. The van der Waals surface area contributed by atoms with Gasteiger partial charge in [0.05, 0.1) is 4.90 Å². The molecule has 0 heterocycles. The molecule has 0 aromatic heterocycles. The molecule has 166 valence electrons. The lowest BCUT2D eigenvalue weighted by Crippen LogP contribution is -2.35. The number of hydrogen-bond donors (Lipinski definition) is 3. The summed E-state index contributed by atoms with van der Waals surface area (Å²) < 4.78 is 53.3. The number of sulfonamides is 2. The van der Waals surface area contributed by atoms with Crippen molar-refractivity contribution in [2.24, 2.45) is 5.14 Å². The van der Waals surface area contributed by atoms with E-state index in [9.17, 15) is 26.4 Å². The smallest absolute Gasteiger partial charge is 0.321 e. The number of nitrogens with two attached hydrogens (primary N) is 1. The molecule has 0 saturated carbocycles. The van der Waals surface area contributed by atoms with Gasteiger partial charge < -0.3 is 10.1 Å². The maximum Gasteiger partial charge on any atom is 0.321 e. The van der Waals surface area contributed by atoms with Crippen LogP contribution >= 0.6 is 0 Å². The van der Waals surface area contributed by atoms with Crippen LogP contribution in [0, 0.1) is 0 Å². The number of benzene rings is 2. The average molecular weight is 468 g/mol. The van der Waals surface area contributed by atoms with E-state index in [1.165, 1.54) is 37.3 Å². The Balaban J connectivity index is 1.84. The van der Waals surface area contributed by atoms with Crippen LogP contribution in [0.5, 0.6) is 0 Å². The molecule has 1 unspecified atom stereocenters. The summed E-state index contributed by atoms with van der Waals surface area (Å²) >= 11 is 0. The second-order valence-corrected chi connectivity index (χ2v) is 9.48. The summed E-state index contributed by atoms with van der Waals surface area (Å²) in [7, 11) is -7.75. The van der Waals surface area contributed by atoms with E-state index < -0.39 is 44.6 Å². The van der Waals surface area contributed by atoms with Crippen LogP contribution in [0.4, 0.5) is 5.69 Å². The third kappa shape index (κ3) is 8.30. The Kier molecular flexibility index (Phi) is 8.05. The topological polar surface area (TPSA) is 162 Å². The van der Waals surface area contributed by atoms with Crippen molar-refractivity contribution in [3.8, 4) is 0 Å². The molecule has 0 aliphatic rings. The average Bonchev–Trinajstić information content (AvgIpc) is 2.71. The number of carbonyl (C=O) groups is 2. The molecule has 0 fully saturated rings. The molecule has 2 aromatic rings. The molecule has 1 atom stereocenters. The number of primary sulfonamides is 1. The first-order valence-electron chi connectivity index (χ1n) is 8.82. The van der Waals surface area contributed by atoms with Crippen molar-refractivity contribution in [2.75, 3.05) is 11.9 Å². The van der Waals surface area contributed by atoms with Gasteiger partial charge in [0.15, 0.2) is 6.10 Å². The van der Waals surface area contributed by atoms with Crippen LogP contribution < -0.4 is 15.2 Å². The summed E-state index contributed by atoms with van der Waals surface area (Å²) in [6.07, 6.45) is 0.139. The van der Waals surface area contributed by atoms with Gasteiger partial charge in [0.25, 0.3) is 5.91 Å². The lowest BCUT2D eigenvalue weighted by molar-refractivity contribution is -0.151. The van der Waals surface area contributed by atoms with Crippen LogP contribution in [0.2, 0.25) is 0 Å². The number of anilines is 1. The Morgan fingerprint density at radius 1 is 1.03 bits per heavy atom. The third-order valence-corrected chi connectivity index (χ3v) is 5.76. The van der Waals surface area contributed by atoms with Crippen molar-refractivity contribution in [3.63, 3.8) is 0 Å². The molecule has 0 radical (unpaired) electrons. The number of esters is 1. The molecule has 12 heteroatoms. The molecular weight excluding hydrogens is 446 g/mol. The van der Waals surface area contributed by atoms with Gasteiger partial charge in [-0.3, -0.25) is 9.59 Å². The van der Waals surface area contributed by atoms with Gasteiger partial charge in [-0.1, -0.05) is 30.3 Å². The zero-order valence-electron chi connectivity index (χ0n) is 16.4. The molecule has 2 rings (SSSR count). The van der Waals surface area contributed by atoms with Crippen molar-refractivity contribution in [3.05, 3.63) is 65.6 Å². The van der Waals surface area contributed by atoms with Gasteiger partial charge in [0.2, 0.25) is 20.0 Å². The van der Waals surface area contributed by atoms with Gasteiger partial charge in [-0.25, -0.2) is 26.7 Å². The first kappa shape index (κ1) is 24.2. The molecular formula is C19H21N3O7S2. The molecule has 0 spiro atoms. The van der Waals surface area contributed by atoms with E-state index in [4.69, 9.17) is 9.88 Å². The van der Waals surface area contributed by atoms with Crippen molar-refractivity contribution < 1.29 is 31.2 Å². The Morgan fingerprint density at radius 3 is 2.23 bits per heavy atom. The Bertz CT molecular complexity index is 1160. The Labute approximate surface area is 180 Å². The first-order chi connectivity index (χ1) is 14.5. The number of amides is 1. The van der Waals surface area contributed by atoms with E-state index in [-0.39, 0.29) is 10.6 Å². The molecule has 2 aromatic carbocycles. The van der Waals surface area contributed by atoms with Gasteiger partial charge in [-0.2, -0.15) is 0 Å². The molecule has 0 aliphatic heterocycles. The second-order valence-electron chi connectivity index (χ2n) is 6.27. The maximum absolute atomic E-state index is 12.1. The summed E-state index contributed by atoms with van der Waals surface area (Å²) in [4.78, 5) is 23.8. The number of carbonyl (C=O) groups excluding carboxylic acids is 2. The van der Waals surface area contributed by atoms with Crippen LogP contribution in [-0.2, 0) is 34.4 Å². The fourth-order valence-corrected chi connectivity index (χ4v) is 3.47. The summed E-state index contributed by atoms with van der Waals surface area (Å²) in [5.41, 5.74) is 0.921. The minimum atomic E-state index is -3.89. The highest BCUT2D eigenvalue weighted by atomic mass is 32.2. The second kappa shape index (κ2) is 10.3. The van der Waals surface area contributed by atoms with Crippen molar-refractivity contribution >= 4 is 43.7 Å². The van der Waals surface area contributed by atoms with E-state index >= 15 is 0 Å². The predicted molar refractivity (Wildman–Crippen MR) is 114 cm³/mol. The number of hydrogen-bond acceptors (Lipinski definition) is 7. The quantitative estimate of drug-likeness (QED) is 0.459. The third-order valence-electron chi connectivity index (χ3n) is 3.78. The maximum atomic E-state index is 12.1. The molecule has 31 heavy (non-hydrogen) atoms. The molecule has 10 nitrogen and oxygen atoms in total. The zero-order chi connectivity index (χ0) is 23.1. The van der Waals surface area contributed by atoms with E-state index in [1.54, 1.807) is 30.3 Å². The fraction of sp³-hybridized carbons (Fsp3) is 0.158. The van der Waals surface area contributed by atoms with Gasteiger partial charge in [0, 0.05) is 11.1 Å². The van der Waals surface area contributed by atoms with Crippen LogP contribution in [0.15, 0.2) is 64.9 Å². The highest BCUT2D eigenvalue weighted by Crippen LogP contribution is 2.13. The standard InChI is InChI=1S/C19H21N3O7S2/c1-14(19(24)22-16-7-9-17(10-8-16)31(20,27)28)29-18(23)13-21-30(25,26)12-11-15-5-3-2-4-6-15/h2-12,14,21H,13H2,1H3,(H,22,24)(H2,20,27,28)/b12-11+. The first-order valence-corrected chi connectivity index (χ1v) is 11.9. The van der Waals surface area contributed by atoms with Crippen LogP contribution in [-0.4, -0.2) is 41.4 Å². The zero-order valence-corrected chi connectivity index (χ0v) is 18.0. The van der Waals surface area contributed by atoms with E-state index in [0.29, 0.717) is 5.56 Å². The highest BCUT2D eigenvalue weighted by Gasteiger charge is 2.19. The lowest BCUT2D eigenvalue weighted by Gasteiger charge is -2.14. The number of ether oxygens (including phenoxy) is 1. The number of nitrogens with one attached hydrogen (secondary N) is 2. The van der Waals surface area contributed by atoms with Crippen LogP contribution in [0.25, 0.3) is 6.08 Å². The van der Waals surface area contributed by atoms with Crippen LogP contribution in [0.3, 0.4) is 0 Å².